The molecule has 0 bridgehead atoms. The van der Waals surface area contributed by atoms with Crippen molar-refractivity contribution in [3.8, 4) is 0 Å². The third-order valence-corrected chi connectivity index (χ3v) is 5.41. The second kappa shape index (κ2) is 12.4. The highest BCUT2D eigenvalue weighted by Crippen LogP contribution is 2.20. The van der Waals surface area contributed by atoms with Crippen LogP contribution in [0.2, 0.25) is 0 Å². The molecule has 0 aliphatic heterocycles. The molecule has 4 heterocycles. The van der Waals surface area contributed by atoms with Gasteiger partial charge in [0.15, 0.2) is 22.6 Å². The molecule has 0 aliphatic carbocycles. The van der Waals surface area contributed by atoms with Crippen LogP contribution in [-0.4, -0.2) is 69.8 Å². The van der Waals surface area contributed by atoms with Gasteiger partial charge in [-0.3, -0.25) is 14.9 Å². The van der Waals surface area contributed by atoms with Crippen LogP contribution in [0.25, 0.3) is 22.2 Å². The first-order valence-electron chi connectivity index (χ1n) is 12.1. The summed E-state index contributed by atoms with van der Waals surface area (Å²) in [6.45, 7) is 3.15. The van der Waals surface area contributed by atoms with Gasteiger partial charge in [0.2, 0.25) is 23.7 Å². The highest BCUT2D eigenvalue weighted by molar-refractivity contribution is 5.98. The van der Waals surface area contributed by atoms with Crippen molar-refractivity contribution >= 4 is 69.2 Å². The molecule has 0 fully saturated rings. The Morgan fingerprint density at radius 3 is 2.26 bits per heavy atom. The molecule has 214 valence electrons. The SMILES string of the molecule is CC(=O)Nc1nc(NC(C)=O)c2cncnc2n1.CN(Cc1cnc2nc(N)nc(N)c2n1)c1ccc(C(=O)O)cc1. The Balaban J connectivity index is 0.000000201. The average Bonchev–Trinajstić information content (AvgIpc) is 2.93. The van der Waals surface area contributed by atoms with Gasteiger partial charge in [0, 0.05) is 32.8 Å². The highest BCUT2D eigenvalue weighted by atomic mass is 16.4. The number of hydrogen-bond donors (Lipinski definition) is 5. The normalized spacial score (nSPS) is 10.5. The molecular formula is C25H25N13O4. The van der Waals surface area contributed by atoms with Crippen molar-refractivity contribution in [2.24, 2.45) is 0 Å². The van der Waals surface area contributed by atoms with Gasteiger partial charge in [-0.2, -0.15) is 19.9 Å². The Labute approximate surface area is 237 Å². The van der Waals surface area contributed by atoms with E-state index in [0.29, 0.717) is 34.4 Å². The predicted molar refractivity (Wildman–Crippen MR) is 153 cm³/mol. The number of nitrogens with zero attached hydrogens (tertiary/aromatic N) is 9. The van der Waals surface area contributed by atoms with Crippen LogP contribution in [0.5, 0.6) is 0 Å². The molecule has 0 radical (unpaired) electrons. The van der Waals surface area contributed by atoms with Gasteiger partial charge < -0.3 is 26.8 Å². The van der Waals surface area contributed by atoms with Crippen LogP contribution < -0.4 is 27.0 Å². The van der Waals surface area contributed by atoms with Crippen molar-refractivity contribution in [3.05, 3.63) is 54.2 Å². The second-order valence-electron chi connectivity index (χ2n) is 8.73. The van der Waals surface area contributed by atoms with Crippen molar-refractivity contribution in [3.63, 3.8) is 0 Å². The zero-order valence-corrected chi connectivity index (χ0v) is 22.6. The molecule has 7 N–H and O–H groups in total. The van der Waals surface area contributed by atoms with Crippen LogP contribution >= 0.6 is 0 Å². The number of carbonyl (C=O) groups is 3. The Hall–Kier alpha value is -6.13. The lowest BCUT2D eigenvalue weighted by molar-refractivity contribution is -0.115. The molecule has 5 aromatic rings. The predicted octanol–water partition coefficient (Wildman–Crippen LogP) is 1.26. The topological polar surface area (TPSA) is 254 Å². The summed E-state index contributed by atoms with van der Waals surface area (Å²) >= 11 is 0. The lowest BCUT2D eigenvalue weighted by atomic mass is 10.2. The van der Waals surface area contributed by atoms with Crippen molar-refractivity contribution in [2.45, 2.75) is 20.4 Å². The number of amides is 2. The van der Waals surface area contributed by atoms with Gasteiger partial charge in [-0.15, -0.1) is 0 Å². The van der Waals surface area contributed by atoms with E-state index in [4.69, 9.17) is 16.6 Å². The number of carboxylic acid groups (broad SMARTS) is 1. The third-order valence-electron chi connectivity index (χ3n) is 5.41. The van der Waals surface area contributed by atoms with Gasteiger partial charge in [0.05, 0.1) is 29.4 Å². The minimum atomic E-state index is -0.959. The molecule has 1 aromatic carbocycles. The summed E-state index contributed by atoms with van der Waals surface area (Å²) in [5, 5.41) is 14.4. The lowest BCUT2D eigenvalue weighted by Gasteiger charge is -2.19. The highest BCUT2D eigenvalue weighted by Gasteiger charge is 2.12. The Morgan fingerprint density at radius 1 is 0.881 bits per heavy atom. The molecule has 17 heteroatoms. The molecule has 0 saturated carbocycles. The number of hydrogen-bond acceptors (Lipinski definition) is 14. The van der Waals surface area contributed by atoms with E-state index in [2.05, 4.69) is 50.5 Å². The van der Waals surface area contributed by atoms with Crippen molar-refractivity contribution in [2.75, 3.05) is 34.0 Å². The average molecular weight is 572 g/mol. The number of aromatic nitrogens is 8. The number of nitrogens with one attached hydrogen (secondary N) is 2. The Morgan fingerprint density at radius 2 is 1.60 bits per heavy atom. The summed E-state index contributed by atoms with van der Waals surface area (Å²) in [6, 6.07) is 6.57. The van der Waals surface area contributed by atoms with Gasteiger partial charge in [0.1, 0.15) is 12.1 Å². The largest absolute Gasteiger partial charge is 0.478 e. The van der Waals surface area contributed by atoms with E-state index in [1.54, 1.807) is 30.5 Å². The van der Waals surface area contributed by atoms with Gasteiger partial charge in [-0.25, -0.2) is 24.7 Å². The number of carbonyl (C=O) groups excluding carboxylic acids is 2. The van der Waals surface area contributed by atoms with E-state index >= 15 is 0 Å². The number of benzene rings is 1. The van der Waals surface area contributed by atoms with Crippen molar-refractivity contribution in [1.82, 2.24) is 39.9 Å². The summed E-state index contributed by atoms with van der Waals surface area (Å²) in [7, 11) is 1.87. The first-order chi connectivity index (χ1) is 20.0. The number of fused-ring (bicyclic) bond motifs is 2. The molecular weight excluding hydrogens is 546 g/mol. The van der Waals surface area contributed by atoms with Crippen LogP contribution in [0.15, 0.2) is 43.0 Å². The Kier molecular flexibility index (Phi) is 8.50. The van der Waals surface area contributed by atoms with E-state index in [-0.39, 0.29) is 40.9 Å². The summed E-state index contributed by atoms with van der Waals surface area (Å²) in [4.78, 5) is 67.2. The van der Waals surface area contributed by atoms with Crippen molar-refractivity contribution < 1.29 is 19.5 Å². The molecule has 42 heavy (non-hydrogen) atoms. The van der Waals surface area contributed by atoms with Crippen molar-refractivity contribution in [1.29, 1.82) is 0 Å². The first kappa shape index (κ1) is 28.9. The fraction of sp³-hybridized carbons (Fsp3) is 0.160. The maximum absolute atomic E-state index is 11.1. The maximum atomic E-state index is 11.1. The number of nitrogen functional groups attached to an aromatic ring is 2. The van der Waals surface area contributed by atoms with Gasteiger partial charge in [0.25, 0.3) is 0 Å². The maximum Gasteiger partial charge on any atom is 0.335 e. The van der Waals surface area contributed by atoms with Gasteiger partial charge in [-0.05, 0) is 24.3 Å². The third kappa shape index (κ3) is 7.08. The zero-order valence-electron chi connectivity index (χ0n) is 22.6. The molecule has 0 saturated heterocycles. The van der Waals surface area contributed by atoms with E-state index in [0.717, 1.165) is 5.69 Å². The molecule has 4 aromatic heterocycles. The quantitative estimate of drug-likeness (QED) is 0.192. The minimum Gasteiger partial charge on any atom is -0.478 e. The smallest absolute Gasteiger partial charge is 0.335 e. The van der Waals surface area contributed by atoms with Crippen LogP contribution in [-0.2, 0) is 16.1 Å². The van der Waals surface area contributed by atoms with E-state index in [1.165, 1.54) is 26.4 Å². The van der Waals surface area contributed by atoms with Crippen LogP contribution in [0.3, 0.4) is 0 Å². The molecule has 5 rings (SSSR count). The fourth-order valence-corrected chi connectivity index (χ4v) is 3.60. The lowest BCUT2D eigenvalue weighted by Crippen LogP contribution is -2.18. The van der Waals surface area contributed by atoms with E-state index < -0.39 is 5.97 Å². The monoisotopic (exact) mass is 571 g/mol. The Bertz CT molecular complexity index is 1800. The van der Waals surface area contributed by atoms with Crippen LogP contribution in [0.4, 0.5) is 29.2 Å². The first-order valence-corrected chi connectivity index (χ1v) is 12.1. The number of aromatic carboxylic acids is 1. The molecule has 2 amide bonds. The summed E-state index contributed by atoms with van der Waals surface area (Å²) in [5.74, 6) is -0.976. The van der Waals surface area contributed by atoms with E-state index in [9.17, 15) is 14.4 Å². The minimum absolute atomic E-state index is 0.0534. The zero-order chi connectivity index (χ0) is 30.4. The number of carboxylic acids is 1. The van der Waals surface area contributed by atoms with Crippen LogP contribution in [0, 0.1) is 0 Å². The van der Waals surface area contributed by atoms with E-state index in [1.807, 2.05) is 11.9 Å². The fourth-order valence-electron chi connectivity index (χ4n) is 3.60. The summed E-state index contributed by atoms with van der Waals surface area (Å²) in [5.41, 5.74) is 14.2. The van der Waals surface area contributed by atoms with Gasteiger partial charge >= 0.3 is 5.97 Å². The number of anilines is 5. The number of nitrogens with two attached hydrogens (primary N) is 2. The molecule has 17 nitrogen and oxygen atoms in total. The molecule has 0 atom stereocenters. The number of rotatable bonds is 6. The standard InChI is InChI=1S/C15H15N7O2.C10H10N6O2/c1-22(10-4-2-8(3-5-10)14(23)24)7-9-6-18-13-11(19-9)12(16)20-15(17)21-13;1-5(17)13-9-7-3-11-4-12-8(7)15-10(16-9)14-6(2)18/h2-6H,7H2,1H3,(H,23,24)(H4,16,17,18,20,21);3-4H,1-2H3,(H2,11,12,13,14,15,16,17,18). The van der Waals surface area contributed by atoms with Gasteiger partial charge in [-0.1, -0.05) is 0 Å². The summed E-state index contributed by atoms with van der Waals surface area (Å²) < 4.78 is 0. The van der Waals surface area contributed by atoms with Crippen LogP contribution in [0.1, 0.15) is 29.9 Å². The summed E-state index contributed by atoms with van der Waals surface area (Å²) in [6.07, 6.45) is 4.41. The molecule has 0 unspecified atom stereocenters. The molecule has 0 aliphatic rings. The second-order valence-corrected chi connectivity index (χ2v) is 8.73. The molecule has 0 spiro atoms.